The molecule has 4 heteroatoms. The highest BCUT2D eigenvalue weighted by Gasteiger charge is 2.12. The van der Waals surface area contributed by atoms with E-state index in [0.717, 1.165) is 24.2 Å². The standard InChI is InChI=1S/C17H20N2O2/c1-3-10-18-16-7-5-4-6-14(16)17(21)19-15-9-8-13(20)11-12(15)2/h4-9,11,18,20H,3,10H2,1-2H3,(H,19,21). The number of aromatic hydroxyl groups is 1. The molecule has 21 heavy (non-hydrogen) atoms. The molecule has 2 aromatic carbocycles. The molecule has 0 atom stereocenters. The fourth-order valence-corrected chi connectivity index (χ4v) is 2.07. The molecule has 0 aromatic heterocycles. The maximum absolute atomic E-state index is 12.4. The van der Waals surface area contributed by atoms with Crippen LogP contribution in [0.2, 0.25) is 0 Å². The first-order chi connectivity index (χ1) is 10.1. The molecule has 0 saturated carbocycles. The van der Waals surface area contributed by atoms with E-state index in [0.29, 0.717) is 11.3 Å². The summed E-state index contributed by atoms with van der Waals surface area (Å²) in [6.45, 7) is 4.74. The molecule has 4 nitrogen and oxygen atoms in total. The highest BCUT2D eigenvalue weighted by atomic mass is 16.3. The van der Waals surface area contributed by atoms with Gasteiger partial charge in [-0.3, -0.25) is 4.79 Å². The predicted molar refractivity (Wildman–Crippen MR) is 86.0 cm³/mol. The Morgan fingerprint density at radius 3 is 2.62 bits per heavy atom. The highest BCUT2D eigenvalue weighted by Crippen LogP contribution is 2.22. The summed E-state index contributed by atoms with van der Waals surface area (Å²) in [7, 11) is 0. The first kappa shape index (κ1) is 14.9. The summed E-state index contributed by atoms with van der Waals surface area (Å²) in [6, 6.07) is 12.3. The lowest BCUT2D eigenvalue weighted by Crippen LogP contribution is -2.15. The Hall–Kier alpha value is -2.49. The molecule has 2 aromatic rings. The predicted octanol–water partition coefficient (Wildman–Crippen LogP) is 3.77. The SMILES string of the molecule is CCCNc1ccccc1C(=O)Nc1ccc(O)cc1C. The molecule has 0 unspecified atom stereocenters. The molecule has 0 bridgehead atoms. The summed E-state index contributed by atoms with van der Waals surface area (Å²) in [5.74, 6) is 0.0264. The molecule has 3 N–H and O–H groups in total. The number of anilines is 2. The quantitative estimate of drug-likeness (QED) is 0.732. The number of amides is 1. The van der Waals surface area contributed by atoms with Crippen molar-refractivity contribution in [3.8, 4) is 5.75 Å². The molecule has 0 fully saturated rings. The maximum Gasteiger partial charge on any atom is 0.257 e. The average Bonchev–Trinajstić information content (AvgIpc) is 2.48. The summed E-state index contributed by atoms with van der Waals surface area (Å²) < 4.78 is 0. The number of nitrogens with one attached hydrogen (secondary N) is 2. The van der Waals surface area contributed by atoms with Crippen LogP contribution in [0.4, 0.5) is 11.4 Å². The molecule has 1 amide bonds. The van der Waals surface area contributed by atoms with Gasteiger partial charge in [-0.15, -0.1) is 0 Å². The van der Waals surface area contributed by atoms with E-state index in [1.807, 2.05) is 25.1 Å². The van der Waals surface area contributed by atoms with Crippen LogP contribution in [0, 0.1) is 6.92 Å². The second-order valence-electron chi connectivity index (χ2n) is 4.93. The van der Waals surface area contributed by atoms with Crippen LogP contribution in [0.1, 0.15) is 29.3 Å². The Kier molecular flexibility index (Phi) is 4.82. The van der Waals surface area contributed by atoms with Crippen LogP contribution in [0.25, 0.3) is 0 Å². The molecule has 0 radical (unpaired) electrons. The van der Waals surface area contributed by atoms with Crippen LogP contribution < -0.4 is 10.6 Å². The molecular formula is C17H20N2O2. The Morgan fingerprint density at radius 2 is 1.90 bits per heavy atom. The molecule has 110 valence electrons. The first-order valence-corrected chi connectivity index (χ1v) is 7.05. The first-order valence-electron chi connectivity index (χ1n) is 7.05. The molecule has 0 aliphatic rings. The largest absolute Gasteiger partial charge is 0.508 e. The fourth-order valence-electron chi connectivity index (χ4n) is 2.07. The van der Waals surface area contributed by atoms with Crippen LogP contribution in [-0.4, -0.2) is 17.6 Å². The second kappa shape index (κ2) is 6.79. The number of para-hydroxylation sites is 1. The third kappa shape index (κ3) is 3.75. The van der Waals surface area contributed by atoms with E-state index in [4.69, 9.17) is 0 Å². The number of hydrogen-bond donors (Lipinski definition) is 3. The lowest BCUT2D eigenvalue weighted by atomic mass is 10.1. The van der Waals surface area contributed by atoms with Crippen molar-refractivity contribution in [2.24, 2.45) is 0 Å². The zero-order valence-corrected chi connectivity index (χ0v) is 12.3. The number of phenolic OH excluding ortho intramolecular Hbond substituents is 1. The Labute approximate surface area is 124 Å². The molecule has 0 aliphatic heterocycles. The van der Waals surface area contributed by atoms with Crippen LogP contribution in [-0.2, 0) is 0 Å². The minimum Gasteiger partial charge on any atom is -0.508 e. The van der Waals surface area contributed by atoms with Crippen molar-refractivity contribution in [2.45, 2.75) is 20.3 Å². The highest BCUT2D eigenvalue weighted by molar-refractivity contribution is 6.08. The van der Waals surface area contributed by atoms with Gasteiger partial charge in [0, 0.05) is 17.9 Å². The van der Waals surface area contributed by atoms with E-state index in [-0.39, 0.29) is 11.7 Å². The maximum atomic E-state index is 12.4. The summed E-state index contributed by atoms with van der Waals surface area (Å²) in [4.78, 5) is 12.4. The van der Waals surface area contributed by atoms with E-state index in [9.17, 15) is 9.90 Å². The third-order valence-corrected chi connectivity index (χ3v) is 3.20. The summed E-state index contributed by atoms with van der Waals surface area (Å²) >= 11 is 0. The van der Waals surface area contributed by atoms with Crippen molar-refractivity contribution >= 4 is 17.3 Å². The monoisotopic (exact) mass is 284 g/mol. The normalized spacial score (nSPS) is 10.2. The van der Waals surface area contributed by atoms with E-state index >= 15 is 0 Å². The summed E-state index contributed by atoms with van der Waals surface area (Å²) in [5, 5.41) is 15.5. The number of rotatable bonds is 5. The molecule has 0 aliphatic carbocycles. The fraction of sp³-hybridized carbons (Fsp3) is 0.235. The van der Waals surface area contributed by atoms with Gasteiger partial charge in [-0.25, -0.2) is 0 Å². The van der Waals surface area contributed by atoms with E-state index in [1.165, 1.54) is 0 Å². The van der Waals surface area contributed by atoms with Crippen LogP contribution in [0.3, 0.4) is 0 Å². The van der Waals surface area contributed by atoms with Crippen LogP contribution in [0.15, 0.2) is 42.5 Å². The minimum atomic E-state index is -0.164. The van der Waals surface area contributed by atoms with Crippen LogP contribution >= 0.6 is 0 Å². The zero-order valence-electron chi connectivity index (χ0n) is 12.3. The van der Waals surface area contributed by atoms with E-state index < -0.39 is 0 Å². The number of benzene rings is 2. The number of aryl methyl sites for hydroxylation is 1. The number of carbonyl (C=O) groups is 1. The van der Waals surface area contributed by atoms with Gasteiger partial charge in [0.05, 0.1) is 5.56 Å². The molecular weight excluding hydrogens is 264 g/mol. The Morgan fingerprint density at radius 1 is 1.14 bits per heavy atom. The van der Waals surface area contributed by atoms with Gasteiger partial charge in [0.1, 0.15) is 5.75 Å². The van der Waals surface area contributed by atoms with Gasteiger partial charge in [0.15, 0.2) is 0 Å². The molecule has 0 heterocycles. The summed E-state index contributed by atoms with van der Waals surface area (Å²) in [6.07, 6.45) is 0.993. The lowest BCUT2D eigenvalue weighted by Gasteiger charge is -2.13. The van der Waals surface area contributed by atoms with Gasteiger partial charge in [0.2, 0.25) is 0 Å². The van der Waals surface area contributed by atoms with Crippen molar-refractivity contribution in [3.63, 3.8) is 0 Å². The van der Waals surface area contributed by atoms with Crippen molar-refractivity contribution < 1.29 is 9.90 Å². The number of phenols is 1. The van der Waals surface area contributed by atoms with E-state index in [1.54, 1.807) is 24.3 Å². The van der Waals surface area contributed by atoms with Gasteiger partial charge < -0.3 is 15.7 Å². The van der Waals surface area contributed by atoms with Gasteiger partial charge in [-0.1, -0.05) is 19.1 Å². The topological polar surface area (TPSA) is 61.4 Å². The van der Waals surface area contributed by atoms with Crippen LogP contribution in [0.5, 0.6) is 5.75 Å². The Bertz CT molecular complexity index is 638. The number of carbonyl (C=O) groups excluding carboxylic acids is 1. The smallest absolute Gasteiger partial charge is 0.257 e. The molecule has 0 saturated heterocycles. The van der Waals surface area contributed by atoms with Gasteiger partial charge in [0.25, 0.3) is 5.91 Å². The average molecular weight is 284 g/mol. The van der Waals surface area contributed by atoms with Crippen molar-refractivity contribution in [2.75, 3.05) is 17.2 Å². The Balaban J connectivity index is 2.20. The minimum absolute atomic E-state index is 0.164. The van der Waals surface area contributed by atoms with Gasteiger partial charge in [-0.2, -0.15) is 0 Å². The summed E-state index contributed by atoms with van der Waals surface area (Å²) in [5.41, 5.74) is 2.96. The zero-order chi connectivity index (χ0) is 15.2. The van der Waals surface area contributed by atoms with Gasteiger partial charge >= 0.3 is 0 Å². The molecule has 2 rings (SSSR count). The number of hydrogen-bond acceptors (Lipinski definition) is 3. The van der Waals surface area contributed by atoms with E-state index in [2.05, 4.69) is 17.6 Å². The second-order valence-corrected chi connectivity index (χ2v) is 4.93. The van der Waals surface area contributed by atoms with Crippen molar-refractivity contribution in [3.05, 3.63) is 53.6 Å². The lowest BCUT2D eigenvalue weighted by molar-refractivity contribution is 0.102. The van der Waals surface area contributed by atoms with Gasteiger partial charge in [-0.05, 0) is 49.2 Å². The van der Waals surface area contributed by atoms with Crippen molar-refractivity contribution in [1.29, 1.82) is 0 Å². The molecule has 0 spiro atoms. The third-order valence-electron chi connectivity index (χ3n) is 3.20. The van der Waals surface area contributed by atoms with Crippen molar-refractivity contribution in [1.82, 2.24) is 0 Å².